The van der Waals surface area contributed by atoms with Crippen molar-refractivity contribution >= 4 is 11.8 Å². The minimum Gasteiger partial charge on any atom is -0.338 e. The van der Waals surface area contributed by atoms with Crippen molar-refractivity contribution in [2.45, 2.75) is 19.8 Å². The second-order valence-corrected chi connectivity index (χ2v) is 3.58. The molecule has 0 N–H and O–H groups in total. The van der Waals surface area contributed by atoms with Crippen molar-refractivity contribution in [3.8, 4) is 12.3 Å². The van der Waals surface area contributed by atoms with E-state index in [0.29, 0.717) is 18.8 Å². The van der Waals surface area contributed by atoms with Gasteiger partial charge in [0.2, 0.25) is 11.8 Å². The fourth-order valence-corrected chi connectivity index (χ4v) is 1.63. The van der Waals surface area contributed by atoms with Crippen molar-refractivity contribution in [3.63, 3.8) is 0 Å². The van der Waals surface area contributed by atoms with Crippen LogP contribution >= 0.6 is 0 Å². The Morgan fingerprint density at radius 3 is 3.13 bits per heavy atom. The van der Waals surface area contributed by atoms with Crippen LogP contribution in [0.15, 0.2) is 10.6 Å². The molecule has 1 aliphatic rings. The average Bonchev–Trinajstić information content (AvgIpc) is 2.83. The van der Waals surface area contributed by atoms with Crippen LogP contribution in [-0.2, 0) is 11.2 Å². The van der Waals surface area contributed by atoms with E-state index in [0.717, 1.165) is 12.1 Å². The maximum absolute atomic E-state index is 11.6. The number of terminal acetylenes is 1. The van der Waals surface area contributed by atoms with E-state index in [2.05, 4.69) is 11.1 Å². The van der Waals surface area contributed by atoms with Gasteiger partial charge in [-0.15, -0.1) is 12.3 Å². The van der Waals surface area contributed by atoms with Gasteiger partial charge < -0.3 is 4.52 Å². The van der Waals surface area contributed by atoms with E-state index in [9.17, 15) is 4.79 Å². The fraction of sp³-hybridized carbons (Fsp3) is 0.455. The summed E-state index contributed by atoms with van der Waals surface area (Å²) in [6, 6.07) is 1.79. The quantitative estimate of drug-likeness (QED) is 0.680. The maximum atomic E-state index is 11.6. The molecule has 1 fully saturated rings. The van der Waals surface area contributed by atoms with Gasteiger partial charge in [0, 0.05) is 24.9 Å². The summed E-state index contributed by atoms with van der Waals surface area (Å²) in [5.41, 5.74) is 0.849. The number of hydrogen-bond donors (Lipinski definition) is 0. The molecule has 0 radical (unpaired) electrons. The van der Waals surface area contributed by atoms with Crippen LogP contribution in [0.2, 0.25) is 0 Å². The van der Waals surface area contributed by atoms with Gasteiger partial charge in [0.1, 0.15) is 0 Å². The molecule has 1 saturated heterocycles. The zero-order valence-corrected chi connectivity index (χ0v) is 8.56. The third-order valence-electron chi connectivity index (χ3n) is 2.54. The first-order chi connectivity index (χ1) is 7.24. The monoisotopic (exact) mass is 204 g/mol. The Kier molecular flexibility index (Phi) is 2.46. The highest BCUT2D eigenvalue weighted by Gasteiger charge is 2.31. The number of rotatable bonds is 2. The first-order valence-electron chi connectivity index (χ1n) is 4.96. The van der Waals surface area contributed by atoms with Crippen LogP contribution in [0.3, 0.4) is 0 Å². The van der Waals surface area contributed by atoms with E-state index >= 15 is 0 Å². The normalized spacial score (nSPS) is 20.7. The van der Waals surface area contributed by atoms with Crippen LogP contribution < -0.4 is 4.90 Å². The third kappa shape index (κ3) is 1.73. The van der Waals surface area contributed by atoms with Crippen molar-refractivity contribution in [3.05, 3.63) is 11.8 Å². The lowest BCUT2D eigenvalue weighted by Crippen LogP contribution is -2.23. The molecule has 1 aromatic heterocycles. The molecule has 15 heavy (non-hydrogen) atoms. The number of aryl methyl sites for hydroxylation is 1. The molecule has 1 unspecified atom stereocenters. The van der Waals surface area contributed by atoms with Crippen LogP contribution in [0, 0.1) is 18.3 Å². The SMILES string of the molecule is C#CC1CC(=O)N(c2cc(CC)no2)C1. The van der Waals surface area contributed by atoms with E-state index in [-0.39, 0.29) is 11.8 Å². The zero-order valence-electron chi connectivity index (χ0n) is 8.56. The van der Waals surface area contributed by atoms with Crippen molar-refractivity contribution in [1.82, 2.24) is 5.16 Å². The molecule has 0 aliphatic carbocycles. The molecule has 1 aliphatic heterocycles. The Balaban J connectivity index is 2.18. The van der Waals surface area contributed by atoms with Gasteiger partial charge in [0.15, 0.2) is 0 Å². The molecule has 0 spiro atoms. The highest BCUT2D eigenvalue weighted by atomic mass is 16.5. The van der Waals surface area contributed by atoms with E-state index in [1.807, 2.05) is 6.92 Å². The highest BCUT2D eigenvalue weighted by Crippen LogP contribution is 2.25. The second-order valence-electron chi connectivity index (χ2n) is 3.58. The molecule has 1 amide bonds. The van der Waals surface area contributed by atoms with Gasteiger partial charge in [-0.2, -0.15) is 0 Å². The summed E-state index contributed by atoms with van der Waals surface area (Å²) in [5, 5.41) is 3.84. The summed E-state index contributed by atoms with van der Waals surface area (Å²) < 4.78 is 5.09. The van der Waals surface area contributed by atoms with Crippen molar-refractivity contribution in [2.24, 2.45) is 5.92 Å². The van der Waals surface area contributed by atoms with Gasteiger partial charge in [0.25, 0.3) is 0 Å². The van der Waals surface area contributed by atoms with Crippen molar-refractivity contribution in [1.29, 1.82) is 0 Å². The molecule has 0 aromatic carbocycles. The summed E-state index contributed by atoms with van der Waals surface area (Å²) in [7, 11) is 0. The lowest BCUT2D eigenvalue weighted by molar-refractivity contribution is -0.117. The summed E-state index contributed by atoms with van der Waals surface area (Å²) in [4.78, 5) is 13.2. The van der Waals surface area contributed by atoms with E-state index in [4.69, 9.17) is 10.9 Å². The van der Waals surface area contributed by atoms with Gasteiger partial charge >= 0.3 is 0 Å². The number of anilines is 1. The van der Waals surface area contributed by atoms with Gasteiger partial charge in [-0.3, -0.25) is 9.69 Å². The molecule has 1 aromatic rings. The molecule has 78 valence electrons. The van der Waals surface area contributed by atoms with E-state index < -0.39 is 0 Å². The number of carbonyl (C=O) groups excluding carboxylic acids is 1. The lowest BCUT2D eigenvalue weighted by atomic mass is 10.1. The minimum absolute atomic E-state index is 0.00678. The van der Waals surface area contributed by atoms with E-state index in [1.165, 1.54) is 0 Å². The molecule has 1 atom stereocenters. The predicted molar refractivity (Wildman–Crippen MR) is 55.2 cm³/mol. The Labute approximate surface area is 88.2 Å². The summed E-state index contributed by atoms with van der Waals surface area (Å²) in [6.45, 7) is 2.52. The first-order valence-corrected chi connectivity index (χ1v) is 4.96. The van der Waals surface area contributed by atoms with Gasteiger partial charge in [0.05, 0.1) is 5.69 Å². The van der Waals surface area contributed by atoms with Crippen LogP contribution in [0.5, 0.6) is 0 Å². The fourth-order valence-electron chi connectivity index (χ4n) is 1.63. The van der Waals surface area contributed by atoms with Crippen LogP contribution in [-0.4, -0.2) is 17.6 Å². The molecule has 2 heterocycles. The molecule has 0 bridgehead atoms. The summed E-state index contributed by atoms with van der Waals surface area (Å²) in [6.07, 6.45) is 6.49. The van der Waals surface area contributed by atoms with Crippen LogP contribution in [0.4, 0.5) is 5.88 Å². The molecule has 4 heteroatoms. The average molecular weight is 204 g/mol. The lowest BCUT2D eigenvalue weighted by Gasteiger charge is -2.09. The predicted octanol–water partition coefficient (Wildman–Crippen LogP) is 1.22. The Hall–Kier alpha value is -1.76. The zero-order chi connectivity index (χ0) is 10.8. The van der Waals surface area contributed by atoms with Gasteiger partial charge in [-0.25, -0.2) is 0 Å². The minimum atomic E-state index is -0.00678. The first kappa shape index (κ1) is 9.78. The number of nitrogens with zero attached hydrogens (tertiary/aromatic N) is 2. The standard InChI is InChI=1S/C11H12N2O2/c1-3-8-5-10(14)13(7-8)11-6-9(4-2)12-15-11/h1,6,8H,4-5,7H2,2H3. The molecular formula is C11H12N2O2. The molecule has 0 saturated carbocycles. The number of hydrogen-bond acceptors (Lipinski definition) is 3. The highest BCUT2D eigenvalue weighted by molar-refractivity contribution is 5.94. The second kappa shape index (κ2) is 3.77. The summed E-state index contributed by atoms with van der Waals surface area (Å²) >= 11 is 0. The topological polar surface area (TPSA) is 46.3 Å². The van der Waals surface area contributed by atoms with E-state index in [1.54, 1.807) is 11.0 Å². The number of amides is 1. The summed E-state index contributed by atoms with van der Waals surface area (Å²) in [5.74, 6) is 3.10. The van der Waals surface area contributed by atoms with Crippen LogP contribution in [0.25, 0.3) is 0 Å². The Morgan fingerprint density at radius 2 is 2.60 bits per heavy atom. The van der Waals surface area contributed by atoms with Gasteiger partial charge in [-0.1, -0.05) is 12.1 Å². The Bertz CT molecular complexity index is 416. The van der Waals surface area contributed by atoms with Gasteiger partial charge in [-0.05, 0) is 6.42 Å². The Morgan fingerprint density at radius 1 is 1.80 bits per heavy atom. The van der Waals surface area contributed by atoms with Crippen molar-refractivity contribution < 1.29 is 9.32 Å². The van der Waals surface area contributed by atoms with Crippen molar-refractivity contribution in [2.75, 3.05) is 11.4 Å². The molecule has 4 nitrogen and oxygen atoms in total. The number of aromatic nitrogens is 1. The maximum Gasteiger partial charge on any atom is 0.234 e. The van der Waals surface area contributed by atoms with Crippen LogP contribution in [0.1, 0.15) is 19.0 Å². The smallest absolute Gasteiger partial charge is 0.234 e. The molecule has 2 rings (SSSR count). The largest absolute Gasteiger partial charge is 0.338 e. The third-order valence-corrected chi connectivity index (χ3v) is 2.54. The number of carbonyl (C=O) groups is 1. The molecular weight excluding hydrogens is 192 g/mol.